The van der Waals surface area contributed by atoms with E-state index in [4.69, 9.17) is 5.73 Å². The monoisotopic (exact) mass is 279 g/mol. The second kappa shape index (κ2) is 7.06. The fourth-order valence-electron chi connectivity index (χ4n) is 1.55. The molecule has 0 aliphatic heterocycles. The molecule has 0 fully saturated rings. The Hall–Kier alpha value is -0.660. The lowest BCUT2D eigenvalue weighted by molar-refractivity contribution is -0.125. The van der Waals surface area contributed by atoms with Crippen LogP contribution < -0.4 is 15.8 Å². The highest BCUT2D eigenvalue weighted by Crippen LogP contribution is 2.07. The van der Waals surface area contributed by atoms with Crippen LogP contribution in [-0.4, -0.2) is 38.2 Å². The molecular weight excluding hydrogens is 254 g/mol. The van der Waals surface area contributed by atoms with E-state index in [-0.39, 0.29) is 24.2 Å². The average molecular weight is 279 g/mol. The third-order valence-corrected chi connectivity index (χ3v) is 3.93. The van der Waals surface area contributed by atoms with Gasteiger partial charge in [-0.15, -0.1) is 0 Å². The summed E-state index contributed by atoms with van der Waals surface area (Å²) in [5, 5.41) is 2.55. The van der Waals surface area contributed by atoms with Gasteiger partial charge in [0.15, 0.2) is 0 Å². The van der Waals surface area contributed by atoms with E-state index in [1.807, 2.05) is 6.92 Å². The van der Waals surface area contributed by atoms with Crippen molar-refractivity contribution in [3.05, 3.63) is 0 Å². The van der Waals surface area contributed by atoms with Gasteiger partial charge in [-0.25, -0.2) is 13.1 Å². The van der Waals surface area contributed by atoms with Crippen LogP contribution in [0.3, 0.4) is 0 Å². The van der Waals surface area contributed by atoms with Crippen molar-refractivity contribution in [2.45, 2.75) is 52.1 Å². The van der Waals surface area contributed by atoms with Crippen LogP contribution in [-0.2, 0) is 14.8 Å². The van der Waals surface area contributed by atoms with Crippen LogP contribution >= 0.6 is 0 Å². The van der Waals surface area contributed by atoms with Crippen molar-refractivity contribution in [1.29, 1.82) is 0 Å². The first-order chi connectivity index (χ1) is 8.10. The normalized spacial score (nSPS) is 15.4. The van der Waals surface area contributed by atoms with Gasteiger partial charge in [0.05, 0.1) is 11.3 Å². The van der Waals surface area contributed by atoms with Crippen molar-refractivity contribution >= 4 is 15.9 Å². The molecule has 18 heavy (non-hydrogen) atoms. The number of carbonyl (C=O) groups is 1. The average Bonchev–Trinajstić information content (AvgIpc) is 2.14. The van der Waals surface area contributed by atoms with Gasteiger partial charge in [0.25, 0.3) is 0 Å². The summed E-state index contributed by atoms with van der Waals surface area (Å²) in [5.41, 5.74) is 4.88. The van der Waals surface area contributed by atoms with Gasteiger partial charge in [-0.05, 0) is 27.2 Å². The molecule has 0 aromatic rings. The zero-order valence-corrected chi connectivity index (χ0v) is 12.4. The molecule has 0 heterocycles. The molecule has 0 rings (SSSR count). The Kier molecular flexibility index (Phi) is 6.80. The highest BCUT2D eigenvalue weighted by atomic mass is 32.2. The molecule has 0 radical (unpaired) electrons. The van der Waals surface area contributed by atoms with E-state index in [1.54, 1.807) is 20.8 Å². The molecule has 6 nitrogen and oxygen atoms in total. The summed E-state index contributed by atoms with van der Waals surface area (Å²) in [4.78, 5) is 11.7. The first-order valence-corrected chi connectivity index (χ1v) is 7.83. The Morgan fingerprint density at radius 1 is 1.39 bits per heavy atom. The Morgan fingerprint density at radius 3 is 2.39 bits per heavy atom. The topological polar surface area (TPSA) is 101 Å². The number of amides is 1. The number of hydrogen-bond donors (Lipinski definition) is 3. The fraction of sp³-hybridized carbons (Fsp3) is 0.909. The molecule has 1 unspecified atom stereocenters. The van der Waals surface area contributed by atoms with Gasteiger partial charge >= 0.3 is 0 Å². The second-order valence-electron chi connectivity index (χ2n) is 5.01. The largest absolute Gasteiger partial charge is 0.353 e. The SMILES string of the molecule is CCCC(C)(N)C(=O)NCCS(=O)(=O)NC(C)C. The molecule has 0 saturated heterocycles. The number of hydrogen-bond acceptors (Lipinski definition) is 4. The minimum Gasteiger partial charge on any atom is -0.353 e. The zero-order chi connectivity index (χ0) is 14.4. The maximum atomic E-state index is 11.7. The summed E-state index contributed by atoms with van der Waals surface area (Å²) in [6.07, 6.45) is 1.36. The van der Waals surface area contributed by atoms with E-state index >= 15 is 0 Å². The summed E-state index contributed by atoms with van der Waals surface area (Å²) in [6, 6.07) is -0.148. The molecule has 0 aromatic heterocycles. The van der Waals surface area contributed by atoms with Crippen molar-refractivity contribution < 1.29 is 13.2 Å². The lowest BCUT2D eigenvalue weighted by atomic mass is 9.97. The van der Waals surface area contributed by atoms with E-state index in [1.165, 1.54) is 0 Å². The molecule has 1 amide bonds. The number of sulfonamides is 1. The van der Waals surface area contributed by atoms with E-state index in [0.717, 1.165) is 6.42 Å². The molecule has 0 spiro atoms. The molecule has 0 bridgehead atoms. The number of nitrogens with two attached hydrogens (primary N) is 1. The molecule has 0 aliphatic rings. The maximum absolute atomic E-state index is 11.7. The van der Waals surface area contributed by atoms with Gasteiger partial charge in [-0.2, -0.15) is 0 Å². The van der Waals surface area contributed by atoms with Gasteiger partial charge in [0.1, 0.15) is 0 Å². The maximum Gasteiger partial charge on any atom is 0.239 e. The molecule has 4 N–H and O–H groups in total. The van der Waals surface area contributed by atoms with E-state index < -0.39 is 15.6 Å². The number of carbonyl (C=O) groups excluding carboxylic acids is 1. The summed E-state index contributed by atoms with van der Waals surface area (Å²) in [5.74, 6) is -0.455. The highest BCUT2D eigenvalue weighted by Gasteiger charge is 2.27. The van der Waals surface area contributed by atoms with E-state index in [9.17, 15) is 13.2 Å². The third-order valence-electron chi connectivity index (χ3n) is 2.36. The second-order valence-corrected chi connectivity index (χ2v) is 6.89. The van der Waals surface area contributed by atoms with Gasteiger partial charge in [0, 0.05) is 12.6 Å². The summed E-state index contributed by atoms with van der Waals surface area (Å²) >= 11 is 0. The summed E-state index contributed by atoms with van der Waals surface area (Å²) < 4.78 is 25.5. The highest BCUT2D eigenvalue weighted by molar-refractivity contribution is 7.89. The molecular formula is C11H25N3O3S. The number of nitrogens with one attached hydrogen (secondary N) is 2. The van der Waals surface area contributed by atoms with Crippen LogP contribution in [0.15, 0.2) is 0 Å². The standard InChI is InChI=1S/C11H25N3O3S/c1-5-6-11(4,12)10(15)13-7-8-18(16,17)14-9(2)3/h9,14H,5-8,12H2,1-4H3,(H,13,15). The lowest BCUT2D eigenvalue weighted by Crippen LogP contribution is -2.52. The first kappa shape index (κ1) is 17.3. The van der Waals surface area contributed by atoms with Gasteiger partial charge < -0.3 is 11.1 Å². The van der Waals surface area contributed by atoms with Crippen LogP contribution in [0, 0.1) is 0 Å². The molecule has 0 aliphatic carbocycles. The zero-order valence-electron chi connectivity index (χ0n) is 11.6. The molecule has 0 saturated carbocycles. The number of rotatable bonds is 8. The minimum absolute atomic E-state index is 0.0669. The van der Waals surface area contributed by atoms with E-state index in [2.05, 4.69) is 10.0 Å². The molecule has 108 valence electrons. The Bertz CT molecular complexity index is 364. The van der Waals surface area contributed by atoms with Gasteiger partial charge in [-0.3, -0.25) is 4.79 Å². The lowest BCUT2D eigenvalue weighted by Gasteiger charge is -2.22. The van der Waals surface area contributed by atoms with Crippen LogP contribution in [0.1, 0.15) is 40.5 Å². The predicted octanol–water partition coefficient (Wildman–Crippen LogP) is -0.0521. The van der Waals surface area contributed by atoms with Crippen molar-refractivity contribution in [3.63, 3.8) is 0 Å². The fourth-order valence-corrected chi connectivity index (χ4v) is 2.76. The predicted molar refractivity (Wildman–Crippen MR) is 72.6 cm³/mol. The van der Waals surface area contributed by atoms with Crippen molar-refractivity contribution in [3.8, 4) is 0 Å². The quantitative estimate of drug-likeness (QED) is 0.579. The van der Waals surface area contributed by atoms with Crippen LogP contribution in [0.2, 0.25) is 0 Å². The molecule has 0 aromatic carbocycles. The third kappa shape index (κ3) is 6.93. The molecule has 1 atom stereocenters. The summed E-state index contributed by atoms with van der Waals surface area (Å²) in [7, 11) is -3.34. The van der Waals surface area contributed by atoms with Crippen LogP contribution in [0.25, 0.3) is 0 Å². The van der Waals surface area contributed by atoms with Crippen molar-refractivity contribution in [2.75, 3.05) is 12.3 Å². The smallest absolute Gasteiger partial charge is 0.239 e. The van der Waals surface area contributed by atoms with E-state index in [0.29, 0.717) is 6.42 Å². The van der Waals surface area contributed by atoms with Gasteiger partial charge in [-0.1, -0.05) is 13.3 Å². The Morgan fingerprint density at radius 2 is 1.94 bits per heavy atom. The van der Waals surface area contributed by atoms with Gasteiger partial charge in [0.2, 0.25) is 15.9 Å². The Balaban J connectivity index is 4.16. The van der Waals surface area contributed by atoms with Crippen LogP contribution in [0.5, 0.6) is 0 Å². The minimum atomic E-state index is -3.34. The Labute approximate surface area is 110 Å². The first-order valence-electron chi connectivity index (χ1n) is 6.18. The summed E-state index contributed by atoms with van der Waals surface area (Å²) in [6.45, 7) is 7.14. The van der Waals surface area contributed by atoms with Crippen LogP contribution in [0.4, 0.5) is 0 Å². The molecule has 7 heteroatoms. The van der Waals surface area contributed by atoms with Crippen molar-refractivity contribution in [2.24, 2.45) is 5.73 Å². The van der Waals surface area contributed by atoms with Crippen molar-refractivity contribution in [1.82, 2.24) is 10.0 Å².